The molecule has 29 heavy (non-hydrogen) atoms. The number of rotatable bonds is 6. The van der Waals surface area contributed by atoms with Crippen LogP contribution in [0.2, 0.25) is 0 Å². The molecule has 0 fully saturated rings. The summed E-state index contributed by atoms with van der Waals surface area (Å²) in [6, 6.07) is 18.5. The molecule has 0 saturated heterocycles. The first-order valence-corrected chi connectivity index (χ1v) is 8.81. The van der Waals surface area contributed by atoms with Gasteiger partial charge in [-0.15, -0.1) is 0 Å². The van der Waals surface area contributed by atoms with Gasteiger partial charge in [0.15, 0.2) is 11.5 Å². The van der Waals surface area contributed by atoms with Crippen LogP contribution in [-0.2, 0) is 0 Å². The Balaban J connectivity index is 1.81. The van der Waals surface area contributed by atoms with Crippen molar-refractivity contribution in [3.63, 3.8) is 0 Å². The van der Waals surface area contributed by atoms with Gasteiger partial charge in [-0.25, -0.2) is 9.59 Å². The topological polar surface area (TPSA) is 85.2 Å². The van der Waals surface area contributed by atoms with E-state index in [4.69, 9.17) is 9.47 Å². The summed E-state index contributed by atoms with van der Waals surface area (Å²) < 4.78 is 10.8. The molecule has 0 bridgehead atoms. The van der Waals surface area contributed by atoms with E-state index in [0.29, 0.717) is 22.6 Å². The highest BCUT2D eigenvalue weighted by Gasteiger charge is 2.13. The van der Waals surface area contributed by atoms with E-state index in [0.717, 1.165) is 5.56 Å². The Morgan fingerprint density at radius 2 is 1.69 bits per heavy atom. The molecule has 0 aliphatic heterocycles. The molecule has 6 nitrogen and oxygen atoms in total. The number of methoxy groups -OCH3 is 1. The van der Waals surface area contributed by atoms with Crippen LogP contribution >= 0.6 is 0 Å². The van der Waals surface area contributed by atoms with Crippen LogP contribution in [0.15, 0.2) is 71.7 Å². The van der Waals surface area contributed by atoms with E-state index in [2.05, 4.69) is 4.99 Å². The molecule has 3 aromatic rings. The fraction of sp³-hybridized carbons (Fsp3) is 0.0870. The quantitative estimate of drug-likeness (QED) is 0.376. The largest absolute Gasteiger partial charge is 0.493 e. The molecule has 1 N–H and O–H groups in total. The SMILES string of the molecule is COc1cc(C=Nc2ccccc2C(=O)O)ccc1OC(=O)c1ccc(C)cc1. The van der Waals surface area contributed by atoms with Crippen molar-refractivity contribution in [2.75, 3.05) is 7.11 Å². The first kappa shape index (κ1) is 19.8. The van der Waals surface area contributed by atoms with Crippen molar-refractivity contribution < 1.29 is 24.2 Å². The maximum absolute atomic E-state index is 12.3. The fourth-order valence-electron chi connectivity index (χ4n) is 2.61. The smallest absolute Gasteiger partial charge is 0.343 e. The third-order valence-corrected chi connectivity index (χ3v) is 4.16. The number of aliphatic imine (C=N–C) groups is 1. The Morgan fingerprint density at radius 3 is 2.38 bits per heavy atom. The molecule has 0 spiro atoms. The molecule has 0 saturated carbocycles. The highest BCUT2D eigenvalue weighted by molar-refractivity contribution is 5.95. The number of aromatic carboxylic acids is 1. The Kier molecular flexibility index (Phi) is 6.04. The molecule has 0 unspecified atom stereocenters. The number of ether oxygens (including phenoxy) is 2. The summed E-state index contributed by atoms with van der Waals surface area (Å²) in [7, 11) is 1.47. The monoisotopic (exact) mass is 389 g/mol. The summed E-state index contributed by atoms with van der Waals surface area (Å²) in [6.45, 7) is 1.94. The number of benzene rings is 3. The number of esters is 1. The van der Waals surface area contributed by atoms with Gasteiger partial charge in [-0.1, -0.05) is 29.8 Å². The Hall–Kier alpha value is -3.93. The molecule has 0 heterocycles. The van der Waals surface area contributed by atoms with Gasteiger partial charge in [0.25, 0.3) is 0 Å². The lowest BCUT2D eigenvalue weighted by Gasteiger charge is -2.10. The highest BCUT2D eigenvalue weighted by atomic mass is 16.6. The van der Waals surface area contributed by atoms with E-state index in [1.54, 1.807) is 48.5 Å². The van der Waals surface area contributed by atoms with Crippen LogP contribution in [0.1, 0.15) is 31.8 Å². The maximum atomic E-state index is 12.3. The van der Waals surface area contributed by atoms with Gasteiger partial charge in [-0.3, -0.25) is 4.99 Å². The predicted molar refractivity (Wildman–Crippen MR) is 110 cm³/mol. The van der Waals surface area contributed by atoms with Crippen molar-refractivity contribution in [3.05, 3.63) is 89.0 Å². The molecule has 0 aliphatic rings. The van der Waals surface area contributed by atoms with Crippen molar-refractivity contribution in [2.45, 2.75) is 6.92 Å². The second-order valence-corrected chi connectivity index (χ2v) is 6.25. The van der Waals surface area contributed by atoms with Crippen LogP contribution < -0.4 is 9.47 Å². The molecule has 146 valence electrons. The lowest BCUT2D eigenvalue weighted by atomic mass is 10.1. The van der Waals surface area contributed by atoms with E-state index < -0.39 is 11.9 Å². The minimum atomic E-state index is -1.05. The Bertz CT molecular complexity index is 1070. The van der Waals surface area contributed by atoms with Crippen molar-refractivity contribution in [1.29, 1.82) is 0 Å². The van der Waals surface area contributed by atoms with Gasteiger partial charge in [0, 0.05) is 6.21 Å². The number of hydrogen-bond acceptors (Lipinski definition) is 5. The Labute approximate surface area is 168 Å². The first-order valence-electron chi connectivity index (χ1n) is 8.81. The van der Waals surface area contributed by atoms with Crippen LogP contribution in [0.3, 0.4) is 0 Å². The molecule has 0 amide bonds. The van der Waals surface area contributed by atoms with E-state index >= 15 is 0 Å². The number of carboxylic acid groups (broad SMARTS) is 1. The van der Waals surface area contributed by atoms with Crippen LogP contribution in [0, 0.1) is 6.92 Å². The molecule has 3 aromatic carbocycles. The third-order valence-electron chi connectivity index (χ3n) is 4.16. The summed E-state index contributed by atoms with van der Waals surface area (Å²) in [4.78, 5) is 27.9. The van der Waals surface area contributed by atoms with E-state index in [-0.39, 0.29) is 11.3 Å². The summed E-state index contributed by atoms with van der Waals surface area (Å²) in [5.41, 5.74) is 2.60. The number of hydrogen-bond donors (Lipinski definition) is 1. The number of carboxylic acids is 1. The molecule has 6 heteroatoms. The summed E-state index contributed by atoms with van der Waals surface area (Å²) in [5, 5.41) is 9.23. The number of carbonyl (C=O) groups excluding carboxylic acids is 1. The molecule has 3 rings (SSSR count). The van der Waals surface area contributed by atoms with Gasteiger partial charge in [-0.2, -0.15) is 0 Å². The van der Waals surface area contributed by atoms with Crippen LogP contribution in [-0.4, -0.2) is 30.4 Å². The average Bonchev–Trinajstić information content (AvgIpc) is 2.73. The Morgan fingerprint density at radius 1 is 0.966 bits per heavy atom. The average molecular weight is 389 g/mol. The maximum Gasteiger partial charge on any atom is 0.343 e. The zero-order valence-electron chi connectivity index (χ0n) is 16.0. The zero-order valence-corrected chi connectivity index (χ0v) is 16.0. The second kappa shape index (κ2) is 8.84. The van der Waals surface area contributed by atoms with Crippen molar-refractivity contribution in [2.24, 2.45) is 4.99 Å². The molecule has 0 atom stereocenters. The lowest BCUT2D eigenvalue weighted by Crippen LogP contribution is -2.09. The van der Waals surface area contributed by atoms with Gasteiger partial charge in [0.05, 0.1) is 23.9 Å². The first-order chi connectivity index (χ1) is 14.0. The number of aryl methyl sites for hydroxylation is 1. The van der Waals surface area contributed by atoms with Crippen molar-refractivity contribution >= 4 is 23.8 Å². The molecule has 0 aromatic heterocycles. The third kappa shape index (κ3) is 4.87. The van der Waals surface area contributed by atoms with Crippen molar-refractivity contribution in [3.8, 4) is 11.5 Å². The molecular weight excluding hydrogens is 370 g/mol. The number of para-hydroxylation sites is 1. The second-order valence-electron chi connectivity index (χ2n) is 6.25. The molecular formula is C23H19NO5. The minimum Gasteiger partial charge on any atom is -0.493 e. The molecule has 0 aliphatic carbocycles. The van der Waals surface area contributed by atoms with Crippen LogP contribution in [0.4, 0.5) is 5.69 Å². The lowest BCUT2D eigenvalue weighted by molar-refractivity contribution is 0.0695. The number of carbonyl (C=O) groups is 2. The fourth-order valence-corrected chi connectivity index (χ4v) is 2.61. The molecule has 0 radical (unpaired) electrons. The summed E-state index contributed by atoms with van der Waals surface area (Å²) >= 11 is 0. The van der Waals surface area contributed by atoms with Crippen LogP contribution in [0.5, 0.6) is 11.5 Å². The number of nitrogens with zero attached hydrogens (tertiary/aromatic N) is 1. The van der Waals surface area contributed by atoms with Gasteiger partial charge in [-0.05, 0) is 55.0 Å². The van der Waals surface area contributed by atoms with Gasteiger partial charge < -0.3 is 14.6 Å². The van der Waals surface area contributed by atoms with Crippen LogP contribution in [0.25, 0.3) is 0 Å². The highest BCUT2D eigenvalue weighted by Crippen LogP contribution is 2.29. The standard InChI is InChI=1S/C23H19NO5/c1-15-7-10-17(11-8-15)23(27)29-20-12-9-16(13-21(20)28-2)14-24-19-6-4-3-5-18(19)22(25)26/h3-14H,1-2H3,(H,25,26). The van der Waals surface area contributed by atoms with E-state index in [9.17, 15) is 14.7 Å². The van der Waals surface area contributed by atoms with E-state index in [1.165, 1.54) is 19.4 Å². The minimum absolute atomic E-state index is 0.111. The van der Waals surface area contributed by atoms with Crippen molar-refractivity contribution in [1.82, 2.24) is 0 Å². The normalized spacial score (nSPS) is 10.7. The zero-order chi connectivity index (χ0) is 20.8. The predicted octanol–water partition coefficient (Wildman–Crippen LogP) is 4.67. The van der Waals surface area contributed by atoms with Gasteiger partial charge in [0.1, 0.15) is 0 Å². The van der Waals surface area contributed by atoms with Gasteiger partial charge >= 0.3 is 11.9 Å². The summed E-state index contributed by atoms with van der Waals surface area (Å²) in [6.07, 6.45) is 1.52. The van der Waals surface area contributed by atoms with E-state index in [1.807, 2.05) is 19.1 Å². The summed E-state index contributed by atoms with van der Waals surface area (Å²) in [5.74, 6) is -0.893. The van der Waals surface area contributed by atoms with Gasteiger partial charge in [0.2, 0.25) is 0 Å².